The first-order valence-electron chi connectivity index (χ1n) is 7.44. The molecular weight excluding hydrogens is 308 g/mol. The fraction of sp³-hybridized carbons (Fsp3) is 0.167. The van der Waals surface area contributed by atoms with Crippen molar-refractivity contribution in [2.45, 2.75) is 20.8 Å². The van der Waals surface area contributed by atoms with Crippen LogP contribution in [0.25, 0.3) is 27.8 Å². The van der Waals surface area contributed by atoms with Crippen molar-refractivity contribution >= 4 is 33.5 Å². The first kappa shape index (κ1) is 14.2. The molecule has 0 spiro atoms. The molecule has 0 aliphatic carbocycles. The van der Waals surface area contributed by atoms with Gasteiger partial charge in [-0.3, -0.25) is 0 Å². The van der Waals surface area contributed by atoms with E-state index in [1.165, 1.54) is 0 Å². The Hall–Kier alpha value is -2.46. The zero-order valence-electron chi connectivity index (χ0n) is 13.1. The molecule has 0 N–H and O–H groups in total. The molecule has 0 atom stereocenters. The summed E-state index contributed by atoms with van der Waals surface area (Å²) in [5.41, 5.74) is 4.62. The zero-order chi connectivity index (χ0) is 16.1. The number of benzene rings is 1. The van der Waals surface area contributed by atoms with Crippen molar-refractivity contribution in [3.05, 3.63) is 58.4 Å². The fourth-order valence-corrected chi connectivity index (χ4v) is 3.46. The molecule has 0 fully saturated rings. The highest BCUT2D eigenvalue weighted by Crippen LogP contribution is 2.35. The Balaban J connectivity index is 2.18. The summed E-state index contributed by atoms with van der Waals surface area (Å²) in [5.74, 6) is 0.779. The van der Waals surface area contributed by atoms with E-state index in [4.69, 9.17) is 16.6 Å². The average Bonchev–Trinajstić information content (AvgIpc) is 2.85. The van der Waals surface area contributed by atoms with Gasteiger partial charge < -0.3 is 0 Å². The summed E-state index contributed by atoms with van der Waals surface area (Å²) in [6.45, 7) is 6.01. The van der Waals surface area contributed by atoms with Crippen molar-refractivity contribution in [2.75, 3.05) is 0 Å². The highest BCUT2D eigenvalue weighted by Gasteiger charge is 2.18. The zero-order valence-corrected chi connectivity index (χ0v) is 13.9. The maximum atomic E-state index is 6.71. The minimum Gasteiger partial charge on any atom is -0.237 e. The van der Waals surface area contributed by atoms with E-state index in [0.717, 1.165) is 44.6 Å². The van der Waals surface area contributed by atoms with Crippen molar-refractivity contribution in [1.82, 2.24) is 19.7 Å². The molecule has 0 radical (unpaired) electrons. The molecule has 4 nitrogen and oxygen atoms in total. The van der Waals surface area contributed by atoms with Crippen LogP contribution in [0, 0.1) is 20.8 Å². The van der Waals surface area contributed by atoms with Gasteiger partial charge in [-0.05, 0) is 44.0 Å². The Morgan fingerprint density at radius 2 is 1.74 bits per heavy atom. The molecule has 1 aromatic carbocycles. The predicted molar refractivity (Wildman–Crippen MR) is 93.4 cm³/mol. The van der Waals surface area contributed by atoms with Crippen LogP contribution in [-0.2, 0) is 0 Å². The molecule has 0 saturated carbocycles. The molecule has 0 amide bonds. The molecule has 0 aliphatic heterocycles. The number of fused-ring (bicyclic) bond motifs is 2. The van der Waals surface area contributed by atoms with Gasteiger partial charge in [-0.2, -0.15) is 9.78 Å². The fourth-order valence-electron chi connectivity index (χ4n) is 2.99. The molecule has 0 saturated heterocycles. The van der Waals surface area contributed by atoms with Crippen LogP contribution in [0.3, 0.4) is 0 Å². The topological polar surface area (TPSA) is 43.6 Å². The Morgan fingerprint density at radius 3 is 2.52 bits per heavy atom. The van der Waals surface area contributed by atoms with Crippen molar-refractivity contribution in [3.8, 4) is 5.82 Å². The van der Waals surface area contributed by atoms with Gasteiger partial charge in [-0.15, -0.1) is 0 Å². The van der Waals surface area contributed by atoms with E-state index in [2.05, 4.69) is 10.1 Å². The first-order chi connectivity index (χ1) is 11.1. The van der Waals surface area contributed by atoms with Gasteiger partial charge in [0.15, 0.2) is 11.5 Å². The summed E-state index contributed by atoms with van der Waals surface area (Å²) in [5, 5.41) is 7.23. The van der Waals surface area contributed by atoms with Crippen LogP contribution in [0.4, 0.5) is 0 Å². The minimum absolute atomic E-state index is 0.709. The third-order valence-corrected chi connectivity index (χ3v) is 4.51. The number of halogens is 1. The molecule has 23 heavy (non-hydrogen) atoms. The maximum Gasteiger partial charge on any atom is 0.167 e. The van der Waals surface area contributed by atoms with Crippen molar-refractivity contribution in [2.24, 2.45) is 0 Å². The van der Waals surface area contributed by atoms with Gasteiger partial charge in [0.2, 0.25) is 0 Å². The quantitative estimate of drug-likeness (QED) is 0.516. The smallest absolute Gasteiger partial charge is 0.167 e. The van der Waals surface area contributed by atoms with E-state index in [-0.39, 0.29) is 0 Å². The molecule has 5 heteroatoms. The summed E-state index contributed by atoms with van der Waals surface area (Å²) in [7, 11) is 0. The van der Waals surface area contributed by atoms with Crippen LogP contribution < -0.4 is 0 Å². The highest BCUT2D eigenvalue weighted by molar-refractivity contribution is 6.40. The predicted octanol–water partition coefficient (Wildman–Crippen LogP) is 4.55. The molecule has 3 aromatic heterocycles. The van der Waals surface area contributed by atoms with Crippen LogP contribution in [-0.4, -0.2) is 19.7 Å². The lowest BCUT2D eigenvalue weighted by molar-refractivity contribution is 0.840. The van der Waals surface area contributed by atoms with Crippen molar-refractivity contribution in [3.63, 3.8) is 0 Å². The molecule has 114 valence electrons. The summed E-state index contributed by atoms with van der Waals surface area (Å²) in [6, 6.07) is 9.94. The van der Waals surface area contributed by atoms with E-state index in [9.17, 15) is 0 Å². The third kappa shape index (κ3) is 2.02. The summed E-state index contributed by atoms with van der Waals surface area (Å²) in [6.07, 6.45) is 1.76. The number of nitrogens with zero attached hydrogens (tertiary/aromatic N) is 4. The Kier molecular flexibility index (Phi) is 3.10. The first-order valence-corrected chi connectivity index (χ1v) is 7.82. The number of hydrogen-bond donors (Lipinski definition) is 0. The largest absolute Gasteiger partial charge is 0.237 e. The van der Waals surface area contributed by atoms with E-state index >= 15 is 0 Å². The van der Waals surface area contributed by atoms with Gasteiger partial charge in [0.25, 0.3) is 0 Å². The van der Waals surface area contributed by atoms with E-state index < -0.39 is 0 Å². The van der Waals surface area contributed by atoms with E-state index in [0.29, 0.717) is 5.02 Å². The van der Waals surface area contributed by atoms with Crippen LogP contribution >= 0.6 is 11.6 Å². The lowest BCUT2D eigenvalue weighted by Gasteiger charge is -2.08. The number of pyridine rings is 2. The maximum absolute atomic E-state index is 6.71. The molecular formula is C18H15ClN4. The second kappa shape index (κ2) is 5.03. The third-order valence-electron chi connectivity index (χ3n) is 4.13. The molecule has 0 bridgehead atoms. The van der Waals surface area contributed by atoms with Gasteiger partial charge in [-0.25, -0.2) is 9.97 Å². The number of rotatable bonds is 1. The van der Waals surface area contributed by atoms with Crippen molar-refractivity contribution < 1.29 is 0 Å². The Morgan fingerprint density at radius 1 is 0.957 bits per heavy atom. The second-order valence-corrected chi connectivity index (χ2v) is 6.11. The van der Waals surface area contributed by atoms with Crippen molar-refractivity contribution in [1.29, 1.82) is 0 Å². The van der Waals surface area contributed by atoms with Crippen LogP contribution in [0.2, 0.25) is 5.02 Å². The van der Waals surface area contributed by atoms with E-state index in [1.807, 2.05) is 51.1 Å². The number of aryl methyl sites for hydroxylation is 3. The molecule has 4 aromatic rings. The second-order valence-electron chi connectivity index (χ2n) is 5.73. The molecule has 3 heterocycles. The minimum atomic E-state index is 0.709. The van der Waals surface area contributed by atoms with Gasteiger partial charge in [0, 0.05) is 11.6 Å². The SMILES string of the molecule is Cc1cccnc1-n1nc(C)c2c(Cl)c3c(C)cccc3nc21. The summed E-state index contributed by atoms with van der Waals surface area (Å²) in [4.78, 5) is 9.27. The Labute approximate surface area is 138 Å². The normalized spacial score (nSPS) is 11.5. The summed E-state index contributed by atoms with van der Waals surface area (Å²) < 4.78 is 1.79. The van der Waals surface area contributed by atoms with Gasteiger partial charge >= 0.3 is 0 Å². The van der Waals surface area contributed by atoms with Gasteiger partial charge in [0.1, 0.15) is 0 Å². The molecule has 0 aliphatic rings. The molecule has 4 rings (SSSR count). The van der Waals surface area contributed by atoms with Crippen LogP contribution in [0.5, 0.6) is 0 Å². The Bertz CT molecular complexity index is 1070. The number of hydrogen-bond acceptors (Lipinski definition) is 3. The monoisotopic (exact) mass is 322 g/mol. The highest BCUT2D eigenvalue weighted by atomic mass is 35.5. The van der Waals surface area contributed by atoms with Gasteiger partial charge in [0.05, 0.1) is 21.6 Å². The molecule has 0 unspecified atom stereocenters. The summed E-state index contributed by atoms with van der Waals surface area (Å²) >= 11 is 6.71. The van der Waals surface area contributed by atoms with Crippen LogP contribution in [0.15, 0.2) is 36.5 Å². The standard InChI is InChI=1S/C18H15ClN4/c1-10-6-4-8-13-14(10)16(19)15-12(3)22-23(18(15)21-13)17-11(2)7-5-9-20-17/h4-9H,1-3H3. The van der Waals surface area contributed by atoms with E-state index in [1.54, 1.807) is 10.9 Å². The lowest BCUT2D eigenvalue weighted by Crippen LogP contribution is -2.03. The van der Waals surface area contributed by atoms with Gasteiger partial charge in [-0.1, -0.05) is 29.8 Å². The lowest BCUT2D eigenvalue weighted by atomic mass is 10.1. The number of aromatic nitrogens is 4. The average molecular weight is 323 g/mol. The van der Waals surface area contributed by atoms with Crippen LogP contribution in [0.1, 0.15) is 16.8 Å².